The lowest BCUT2D eigenvalue weighted by atomic mass is 9.92. The molecule has 0 aromatic carbocycles. The van der Waals surface area contributed by atoms with Gasteiger partial charge in [0.15, 0.2) is 5.82 Å². The van der Waals surface area contributed by atoms with Crippen LogP contribution in [0.1, 0.15) is 115 Å². The molecule has 0 spiro atoms. The third-order valence-corrected chi connectivity index (χ3v) is 11.0. The first-order valence-corrected chi connectivity index (χ1v) is 21.5. The van der Waals surface area contributed by atoms with Crippen molar-refractivity contribution in [3.8, 4) is 6.07 Å². The molecule has 16 nitrogen and oxygen atoms in total. The molecule has 6 atom stereocenters. The standard InChI is InChI=1S/C39H59N8O8P/c1-3-4-5-6-7-8-9-10-11-12-13-14-15-16-17-18-23-52-25-31(46-35-22-19-30(42-2)24-43-35)26-53-56(50,51)54-27-33-36(48)37(49)39(28-40,55-33)34-21-20-32-38(41)44-29-45-47(32)34/h19-22,24,29,31,33,36-37,48-49H,3-18,23,25-27H2,1H3,(H,43,46)(H,50,51)(H2,41,44,45)/t31-,33-,36-,37-,39+/m1/s1. The molecular formula is C39H59N8O8P. The number of rotatable bonds is 28. The predicted molar refractivity (Wildman–Crippen MR) is 212 cm³/mol. The molecule has 0 radical (unpaired) electrons. The van der Waals surface area contributed by atoms with Gasteiger partial charge in [-0.2, -0.15) is 10.4 Å². The van der Waals surface area contributed by atoms with Crippen molar-refractivity contribution in [1.82, 2.24) is 19.6 Å². The topological polar surface area (TPSA) is 224 Å². The molecule has 1 aliphatic rings. The molecule has 0 bridgehead atoms. The Labute approximate surface area is 330 Å². The van der Waals surface area contributed by atoms with Crippen LogP contribution in [0.2, 0.25) is 0 Å². The fourth-order valence-electron chi connectivity index (χ4n) is 6.80. The van der Waals surface area contributed by atoms with Crippen molar-refractivity contribution in [2.45, 2.75) is 140 Å². The van der Waals surface area contributed by atoms with E-state index < -0.39 is 44.4 Å². The maximum Gasteiger partial charge on any atom is 0.472 e. The van der Waals surface area contributed by atoms with Crippen LogP contribution in [0.3, 0.4) is 0 Å². The van der Waals surface area contributed by atoms with Crippen LogP contribution >= 0.6 is 7.82 Å². The van der Waals surface area contributed by atoms with Gasteiger partial charge in [0.25, 0.3) is 0 Å². The Kier molecular flexibility index (Phi) is 18.9. The summed E-state index contributed by atoms with van der Waals surface area (Å²) in [7, 11) is -4.75. The quantitative estimate of drug-likeness (QED) is 0.0284. The largest absolute Gasteiger partial charge is 0.472 e. The molecule has 0 amide bonds. The molecule has 1 fully saturated rings. The van der Waals surface area contributed by atoms with Crippen molar-refractivity contribution < 1.29 is 38.2 Å². The first-order chi connectivity index (χ1) is 27.1. The van der Waals surface area contributed by atoms with E-state index in [2.05, 4.69) is 32.2 Å². The van der Waals surface area contributed by atoms with Gasteiger partial charge in [-0.3, -0.25) is 14.0 Å². The number of anilines is 2. The summed E-state index contributed by atoms with van der Waals surface area (Å²) in [5, 5.41) is 39.1. The first-order valence-electron chi connectivity index (χ1n) is 20.0. The zero-order valence-corrected chi connectivity index (χ0v) is 33.4. The Balaban J connectivity index is 1.18. The van der Waals surface area contributed by atoms with Crippen LogP contribution in [0, 0.1) is 17.9 Å². The molecule has 0 saturated carbocycles. The van der Waals surface area contributed by atoms with Gasteiger partial charge < -0.3 is 35.6 Å². The number of aromatic nitrogens is 4. The van der Waals surface area contributed by atoms with E-state index >= 15 is 0 Å². The Morgan fingerprint density at radius 1 is 0.982 bits per heavy atom. The van der Waals surface area contributed by atoms with E-state index in [0.29, 0.717) is 23.6 Å². The molecule has 1 aliphatic heterocycles. The minimum atomic E-state index is -4.75. The number of phosphoric acid groups is 1. The summed E-state index contributed by atoms with van der Waals surface area (Å²) in [5.41, 5.74) is 4.60. The SMILES string of the molecule is [C-]#[N+]c1ccc(N[C@H](COCCCCCCCCCCCCCCCCCC)COP(=O)(O)OC[C@H]2O[C@@](C#N)(c3ccc4c(N)ncnn34)[C@H](O)[C@@H]2O)nc1. The lowest BCUT2D eigenvalue weighted by molar-refractivity contribution is -0.0644. The summed E-state index contributed by atoms with van der Waals surface area (Å²) >= 11 is 0. The number of pyridine rings is 1. The van der Waals surface area contributed by atoms with Crippen LogP contribution in [-0.4, -0.2) is 85.5 Å². The van der Waals surface area contributed by atoms with Crippen LogP contribution in [0.25, 0.3) is 10.4 Å². The number of nitrogen functional groups attached to an aromatic ring is 1. The second-order valence-electron chi connectivity index (χ2n) is 14.4. The number of fused-ring (bicyclic) bond motifs is 1. The number of nitriles is 1. The van der Waals surface area contributed by atoms with E-state index in [0.717, 1.165) is 19.3 Å². The van der Waals surface area contributed by atoms with Gasteiger partial charge in [-0.15, -0.1) is 0 Å². The molecular weight excluding hydrogens is 739 g/mol. The zero-order chi connectivity index (χ0) is 40.2. The maximum absolute atomic E-state index is 13.0. The molecule has 4 heterocycles. The number of aliphatic hydroxyl groups excluding tert-OH is 2. The number of nitrogens with zero attached hydrogens (tertiary/aromatic N) is 6. The van der Waals surface area contributed by atoms with Gasteiger partial charge >= 0.3 is 7.82 Å². The third-order valence-electron chi connectivity index (χ3n) is 10.0. The molecule has 0 aliphatic carbocycles. The highest BCUT2D eigenvalue weighted by Crippen LogP contribution is 2.46. The summed E-state index contributed by atoms with van der Waals surface area (Å²) in [5.74, 6) is 0.542. The average molecular weight is 799 g/mol. The van der Waals surface area contributed by atoms with Crippen LogP contribution in [0.15, 0.2) is 36.8 Å². The summed E-state index contributed by atoms with van der Waals surface area (Å²) in [6, 6.07) is 7.50. The van der Waals surface area contributed by atoms with Crippen molar-refractivity contribution >= 4 is 30.7 Å². The van der Waals surface area contributed by atoms with Crippen LogP contribution in [-0.2, 0) is 28.7 Å². The molecule has 308 valence electrons. The Hall–Kier alpha value is -3.70. The van der Waals surface area contributed by atoms with Gasteiger partial charge in [-0.25, -0.2) is 18.9 Å². The Morgan fingerprint density at radius 2 is 1.62 bits per heavy atom. The second-order valence-corrected chi connectivity index (χ2v) is 15.8. The molecule has 1 unspecified atom stereocenters. The number of nitrogens with one attached hydrogen (secondary N) is 1. The zero-order valence-electron chi connectivity index (χ0n) is 32.5. The fourth-order valence-corrected chi connectivity index (χ4v) is 7.57. The lowest BCUT2D eigenvalue weighted by Gasteiger charge is -2.24. The molecule has 17 heteroatoms. The van der Waals surface area contributed by atoms with Crippen LogP contribution < -0.4 is 11.1 Å². The summed E-state index contributed by atoms with van der Waals surface area (Å²) in [6.07, 6.45) is 18.2. The van der Waals surface area contributed by atoms with Crippen molar-refractivity contribution in [3.63, 3.8) is 0 Å². The van der Waals surface area contributed by atoms with E-state index in [1.165, 1.54) is 113 Å². The molecule has 3 aromatic heterocycles. The van der Waals surface area contributed by atoms with E-state index in [-0.39, 0.29) is 24.7 Å². The number of unbranched alkanes of at least 4 members (excludes halogenated alkanes) is 15. The lowest BCUT2D eigenvalue weighted by Crippen LogP contribution is -2.41. The van der Waals surface area contributed by atoms with Gasteiger partial charge in [-0.05, 0) is 24.6 Å². The number of nitrogens with two attached hydrogens (primary N) is 1. The minimum Gasteiger partial charge on any atom is -0.387 e. The molecule has 3 aromatic rings. The van der Waals surface area contributed by atoms with E-state index in [1.54, 1.807) is 12.1 Å². The van der Waals surface area contributed by atoms with E-state index in [4.69, 9.17) is 30.8 Å². The van der Waals surface area contributed by atoms with Crippen LogP contribution in [0.5, 0.6) is 0 Å². The van der Waals surface area contributed by atoms with Crippen molar-refractivity contribution in [3.05, 3.63) is 53.9 Å². The minimum absolute atomic E-state index is 0.0770. The molecule has 6 N–H and O–H groups in total. The second kappa shape index (κ2) is 23.5. The Bertz CT molecular complexity index is 1730. The van der Waals surface area contributed by atoms with Crippen molar-refractivity contribution in [2.75, 3.05) is 37.5 Å². The molecule has 4 rings (SSSR count). The van der Waals surface area contributed by atoms with Crippen LogP contribution in [0.4, 0.5) is 17.3 Å². The highest BCUT2D eigenvalue weighted by molar-refractivity contribution is 7.47. The van der Waals surface area contributed by atoms with Gasteiger partial charge in [0.05, 0.1) is 38.1 Å². The summed E-state index contributed by atoms with van der Waals surface area (Å²) in [6.45, 7) is 9.04. The third kappa shape index (κ3) is 13.5. The van der Waals surface area contributed by atoms with Crippen molar-refractivity contribution in [2.24, 2.45) is 0 Å². The number of hydrogen-bond acceptors (Lipinski definition) is 13. The average Bonchev–Trinajstić information content (AvgIpc) is 3.75. The highest BCUT2D eigenvalue weighted by Gasteiger charge is 2.58. The smallest absolute Gasteiger partial charge is 0.387 e. The fraction of sp³-hybridized carbons (Fsp3) is 0.667. The number of hydrogen-bond donors (Lipinski definition) is 5. The summed E-state index contributed by atoms with van der Waals surface area (Å²) < 4.78 is 36.5. The number of aliphatic hydroxyl groups is 2. The maximum atomic E-state index is 13.0. The van der Waals surface area contributed by atoms with E-state index in [1.807, 2.05) is 6.07 Å². The number of ether oxygens (including phenoxy) is 2. The first kappa shape index (κ1) is 45.0. The van der Waals surface area contributed by atoms with E-state index in [9.17, 15) is 24.9 Å². The van der Waals surface area contributed by atoms with Gasteiger partial charge in [0.2, 0.25) is 11.3 Å². The number of phosphoric ester groups is 1. The predicted octanol–water partition coefficient (Wildman–Crippen LogP) is 6.99. The van der Waals surface area contributed by atoms with Crippen molar-refractivity contribution in [1.29, 1.82) is 5.26 Å². The van der Waals surface area contributed by atoms with Gasteiger partial charge in [-0.1, -0.05) is 109 Å². The molecule has 1 saturated heterocycles. The normalized spacial score (nSPS) is 21.1. The van der Waals surface area contributed by atoms with Gasteiger partial charge in [0, 0.05) is 12.8 Å². The van der Waals surface area contributed by atoms with Gasteiger partial charge in [0.1, 0.15) is 42.0 Å². The molecule has 56 heavy (non-hydrogen) atoms. The highest BCUT2D eigenvalue weighted by atomic mass is 31.2. The summed E-state index contributed by atoms with van der Waals surface area (Å²) in [4.78, 5) is 22.1. The Morgan fingerprint density at radius 3 is 2.21 bits per heavy atom. The monoisotopic (exact) mass is 798 g/mol.